The minimum absolute atomic E-state index is 0.126. The van der Waals surface area contributed by atoms with Crippen LogP contribution in [0, 0.1) is 0 Å². The zero-order valence-corrected chi connectivity index (χ0v) is 17.4. The van der Waals surface area contributed by atoms with Crippen LogP contribution < -0.4 is 14.8 Å². The quantitative estimate of drug-likeness (QED) is 0.469. The second-order valence-corrected chi connectivity index (χ2v) is 7.96. The number of aromatic nitrogens is 2. The van der Waals surface area contributed by atoms with E-state index in [1.165, 1.54) is 28.9 Å². The van der Waals surface area contributed by atoms with Crippen molar-refractivity contribution in [2.75, 3.05) is 19.8 Å². The first kappa shape index (κ1) is 23.3. The molecule has 33 heavy (non-hydrogen) atoms. The fourth-order valence-corrected chi connectivity index (χ4v) is 3.82. The van der Waals surface area contributed by atoms with E-state index in [0.29, 0.717) is 36.6 Å². The average molecular weight is 475 g/mol. The van der Waals surface area contributed by atoms with Gasteiger partial charge in [-0.1, -0.05) is 12.1 Å². The Hall–Kier alpha value is -2.89. The van der Waals surface area contributed by atoms with Gasteiger partial charge in [0.25, 0.3) is 12.3 Å². The van der Waals surface area contributed by atoms with E-state index in [9.17, 15) is 26.7 Å². The van der Waals surface area contributed by atoms with Gasteiger partial charge in [0, 0.05) is 12.5 Å². The molecule has 12 heteroatoms. The number of fused-ring (bicyclic) bond motifs is 2. The Morgan fingerprint density at radius 2 is 2.12 bits per heavy atom. The maximum atomic E-state index is 12.7. The highest BCUT2D eigenvalue weighted by atomic mass is 19.4. The number of benzene rings is 1. The highest BCUT2D eigenvalue weighted by Crippen LogP contribution is 2.29. The lowest BCUT2D eigenvalue weighted by Crippen LogP contribution is -2.43. The monoisotopic (exact) mass is 475 g/mol. The summed E-state index contributed by atoms with van der Waals surface area (Å²) >= 11 is 0. The summed E-state index contributed by atoms with van der Waals surface area (Å²) in [6.45, 7) is 0.0479. The van der Waals surface area contributed by atoms with Crippen molar-refractivity contribution in [1.82, 2.24) is 15.1 Å². The van der Waals surface area contributed by atoms with Crippen LogP contribution in [0.4, 0.5) is 22.0 Å². The van der Waals surface area contributed by atoms with Gasteiger partial charge in [-0.05, 0) is 23.6 Å². The number of hydrogen-bond donors (Lipinski definition) is 1. The van der Waals surface area contributed by atoms with Crippen molar-refractivity contribution in [3.63, 3.8) is 0 Å². The molecule has 2 aliphatic heterocycles. The molecule has 0 bridgehead atoms. The van der Waals surface area contributed by atoms with Gasteiger partial charge < -0.3 is 19.5 Å². The molecule has 1 aromatic heterocycles. The van der Waals surface area contributed by atoms with Crippen molar-refractivity contribution < 1.29 is 41.0 Å². The maximum Gasteiger partial charge on any atom is 0.393 e. The zero-order chi connectivity index (χ0) is 23.6. The van der Waals surface area contributed by atoms with Crippen molar-refractivity contribution in [3.8, 4) is 11.6 Å². The third kappa shape index (κ3) is 6.12. The molecule has 0 radical (unpaired) electrons. The van der Waals surface area contributed by atoms with E-state index in [-0.39, 0.29) is 30.6 Å². The number of carbonyl (C=O) groups excluding carboxylic acids is 1. The fraction of sp³-hybridized carbons (Fsp3) is 0.524. The topological polar surface area (TPSA) is 74.6 Å². The normalized spacial score (nSPS) is 19.6. The second kappa shape index (κ2) is 9.54. The number of nitrogens with zero attached hydrogens (tertiary/aromatic N) is 2. The molecule has 0 fully saturated rings. The van der Waals surface area contributed by atoms with Crippen LogP contribution in [0.1, 0.15) is 28.0 Å². The van der Waals surface area contributed by atoms with Crippen molar-refractivity contribution in [2.24, 2.45) is 0 Å². The number of carbonyl (C=O) groups is 1. The predicted octanol–water partition coefficient (Wildman–Crippen LogP) is 3.15. The SMILES string of the molecule is O=C(N[C@H]1COc2ccc(CC(F)(F)F)cc2C1)c1cc2n(n1)CC(CCOCC(F)F)O2. The molecule has 1 unspecified atom stereocenters. The van der Waals surface area contributed by atoms with Crippen LogP contribution in [-0.4, -0.2) is 60.3 Å². The molecule has 2 aromatic rings. The minimum Gasteiger partial charge on any atom is -0.491 e. The molecular formula is C21H22F5N3O4. The molecule has 2 aliphatic rings. The number of nitrogens with one attached hydrogen (secondary N) is 1. The summed E-state index contributed by atoms with van der Waals surface area (Å²) < 4.78 is 79.8. The third-order valence-corrected chi connectivity index (χ3v) is 5.24. The van der Waals surface area contributed by atoms with Gasteiger partial charge in [0.1, 0.15) is 25.1 Å². The molecule has 0 spiro atoms. The molecule has 3 heterocycles. The van der Waals surface area contributed by atoms with Gasteiger partial charge in [-0.2, -0.15) is 18.3 Å². The first-order valence-corrected chi connectivity index (χ1v) is 10.4. The number of halogens is 5. The lowest BCUT2D eigenvalue weighted by Gasteiger charge is -2.26. The van der Waals surface area contributed by atoms with Gasteiger partial charge in [0.05, 0.1) is 25.6 Å². The predicted molar refractivity (Wildman–Crippen MR) is 105 cm³/mol. The highest BCUT2D eigenvalue weighted by molar-refractivity contribution is 5.92. The van der Waals surface area contributed by atoms with Crippen LogP contribution in [0.5, 0.6) is 11.6 Å². The second-order valence-electron chi connectivity index (χ2n) is 7.96. The lowest BCUT2D eigenvalue weighted by atomic mass is 9.99. The number of amides is 1. The van der Waals surface area contributed by atoms with Crippen LogP contribution in [-0.2, 0) is 24.1 Å². The van der Waals surface area contributed by atoms with Gasteiger partial charge in [-0.3, -0.25) is 4.79 Å². The summed E-state index contributed by atoms with van der Waals surface area (Å²) in [5, 5.41) is 7.00. The molecule has 0 saturated carbocycles. The first-order valence-electron chi connectivity index (χ1n) is 10.4. The van der Waals surface area contributed by atoms with Crippen molar-refractivity contribution in [2.45, 2.75) is 50.6 Å². The molecule has 1 N–H and O–H groups in total. The Labute approximate surface area is 185 Å². The minimum atomic E-state index is -4.31. The summed E-state index contributed by atoms with van der Waals surface area (Å²) in [4.78, 5) is 12.6. The smallest absolute Gasteiger partial charge is 0.393 e. The highest BCUT2D eigenvalue weighted by Gasteiger charge is 2.30. The van der Waals surface area contributed by atoms with E-state index in [4.69, 9.17) is 14.2 Å². The maximum absolute atomic E-state index is 12.7. The van der Waals surface area contributed by atoms with Crippen molar-refractivity contribution in [3.05, 3.63) is 41.1 Å². The standard InChI is InChI=1S/C21H22F5N3O4/c22-18(23)11-31-4-3-15-9-29-19(33-15)7-16(28-29)20(30)27-14-6-13-5-12(8-21(24,25)26)1-2-17(13)32-10-14/h1-2,5,7,14-15,18H,3-4,6,8-11H2,(H,27,30)/t14-,15?/m1/s1. The van der Waals surface area contributed by atoms with E-state index in [0.717, 1.165) is 0 Å². The molecule has 0 aliphatic carbocycles. The Bertz CT molecular complexity index is 971. The van der Waals surface area contributed by atoms with E-state index in [1.807, 2.05) is 0 Å². The molecule has 1 aromatic carbocycles. The van der Waals surface area contributed by atoms with Crippen LogP contribution in [0.15, 0.2) is 24.3 Å². The van der Waals surface area contributed by atoms with Crippen molar-refractivity contribution >= 4 is 5.91 Å². The number of alkyl halides is 5. The number of rotatable bonds is 8. The summed E-state index contributed by atoms with van der Waals surface area (Å²) in [7, 11) is 0. The van der Waals surface area contributed by atoms with E-state index >= 15 is 0 Å². The van der Waals surface area contributed by atoms with Gasteiger partial charge in [-0.25, -0.2) is 13.5 Å². The third-order valence-electron chi connectivity index (χ3n) is 5.24. The Morgan fingerprint density at radius 1 is 1.30 bits per heavy atom. The first-order chi connectivity index (χ1) is 15.7. The Kier molecular flexibility index (Phi) is 6.73. The van der Waals surface area contributed by atoms with Gasteiger partial charge in [0.2, 0.25) is 5.88 Å². The number of ether oxygens (including phenoxy) is 3. The number of hydrogen-bond acceptors (Lipinski definition) is 5. The van der Waals surface area contributed by atoms with Gasteiger partial charge in [-0.15, -0.1) is 0 Å². The average Bonchev–Trinajstić information content (AvgIpc) is 3.28. The van der Waals surface area contributed by atoms with Gasteiger partial charge >= 0.3 is 6.18 Å². The molecule has 180 valence electrons. The molecule has 7 nitrogen and oxygen atoms in total. The van der Waals surface area contributed by atoms with Crippen LogP contribution >= 0.6 is 0 Å². The van der Waals surface area contributed by atoms with Crippen LogP contribution in [0.25, 0.3) is 0 Å². The lowest BCUT2D eigenvalue weighted by molar-refractivity contribution is -0.127. The Balaban J connectivity index is 1.29. The van der Waals surface area contributed by atoms with E-state index in [1.54, 1.807) is 0 Å². The zero-order valence-electron chi connectivity index (χ0n) is 17.4. The van der Waals surface area contributed by atoms with Crippen LogP contribution in [0.2, 0.25) is 0 Å². The summed E-state index contributed by atoms with van der Waals surface area (Å²) in [5.41, 5.74) is 0.864. The van der Waals surface area contributed by atoms with E-state index in [2.05, 4.69) is 10.4 Å². The molecule has 4 rings (SSSR count). The van der Waals surface area contributed by atoms with Crippen molar-refractivity contribution in [1.29, 1.82) is 0 Å². The summed E-state index contributed by atoms with van der Waals surface area (Å²) in [6.07, 6.45) is -7.40. The Morgan fingerprint density at radius 3 is 2.85 bits per heavy atom. The fourth-order valence-electron chi connectivity index (χ4n) is 3.82. The van der Waals surface area contributed by atoms with Crippen LogP contribution in [0.3, 0.4) is 0 Å². The molecule has 1 amide bonds. The molecular weight excluding hydrogens is 453 g/mol. The molecule has 2 atom stereocenters. The summed E-state index contributed by atoms with van der Waals surface area (Å²) in [6, 6.07) is 5.40. The van der Waals surface area contributed by atoms with Gasteiger partial charge in [0.15, 0.2) is 5.69 Å². The van der Waals surface area contributed by atoms with E-state index < -0.39 is 37.6 Å². The summed E-state index contributed by atoms with van der Waals surface area (Å²) in [5.74, 6) is 0.436. The molecule has 0 saturated heterocycles. The largest absolute Gasteiger partial charge is 0.491 e.